The first-order chi connectivity index (χ1) is 6.06. The standard InChI is InChI=1S/C8H13Br2N3/c1-4-5(2)6(3)13-8(10)11-7(9)12-13/h5-6H,4H2,1-3H3. The van der Waals surface area contributed by atoms with Gasteiger partial charge in [-0.15, -0.1) is 5.10 Å². The number of hydrogen-bond donors (Lipinski definition) is 0. The van der Waals surface area contributed by atoms with Gasteiger partial charge in [0.2, 0.25) is 4.73 Å². The molecule has 74 valence electrons. The first-order valence-corrected chi connectivity index (χ1v) is 5.92. The minimum absolute atomic E-state index is 0.373. The molecule has 0 aliphatic heterocycles. The fourth-order valence-electron chi connectivity index (χ4n) is 1.12. The van der Waals surface area contributed by atoms with Crippen molar-refractivity contribution in [3.8, 4) is 0 Å². The Hall–Kier alpha value is 0.1000. The van der Waals surface area contributed by atoms with Gasteiger partial charge in [0.15, 0.2) is 4.73 Å². The van der Waals surface area contributed by atoms with Crippen molar-refractivity contribution < 1.29 is 0 Å². The maximum Gasteiger partial charge on any atom is 0.218 e. The van der Waals surface area contributed by atoms with E-state index in [-0.39, 0.29) is 0 Å². The van der Waals surface area contributed by atoms with Gasteiger partial charge >= 0.3 is 0 Å². The van der Waals surface area contributed by atoms with E-state index in [2.05, 4.69) is 62.7 Å². The number of halogens is 2. The second-order valence-corrected chi connectivity index (χ2v) is 4.64. The summed E-state index contributed by atoms with van der Waals surface area (Å²) in [7, 11) is 0. The summed E-state index contributed by atoms with van der Waals surface area (Å²) < 4.78 is 3.32. The van der Waals surface area contributed by atoms with Gasteiger partial charge < -0.3 is 0 Å². The third-order valence-electron chi connectivity index (χ3n) is 2.42. The van der Waals surface area contributed by atoms with Crippen LogP contribution < -0.4 is 0 Å². The number of hydrogen-bond acceptors (Lipinski definition) is 2. The molecule has 0 spiro atoms. The van der Waals surface area contributed by atoms with Crippen LogP contribution in [-0.2, 0) is 0 Å². The maximum absolute atomic E-state index is 4.25. The number of rotatable bonds is 3. The Kier molecular flexibility index (Phi) is 3.91. The van der Waals surface area contributed by atoms with Gasteiger partial charge in [-0.3, -0.25) is 0 Å². The molecular weight excluding hydrogens is 298 g/mol. The summed E-state index contributed by atoms with van der Waals surface area (Å²) in [6.45, 7) is 6.55. The fourth-order valence-corrected chi connectivity index (χ4v) is 2.27. The van der Waals surface area contributed by atoms with Crippen molar-refractivity contribution in [2.45, 2.75) is 33.2 Å². The zero-order chi connectivity index (χ0) is 10.0. The van der Waals surface area contributed by atoms with E-state index in [9.17, 15) is 0 Å². The Bertz CT molecular complexity index is 285. The molecule has 0 saturated carbocycles. The van der Waals surface area contributed by atoms with Crippen LogP contribution >= 0.6 is 31.9 Å². The maximum atomic E-state index is 4.25. The van der Waals surface area contributed by atoms with E-state index in [4.69, 9.17) is 0 Å². The zero-order valence-electron chi connectivity index (χ0n) is 7.96. The van der Waals surface area contributed by atoms with Crippen LogP contribution in [0.5, 0.6) is 0 Å². The summed E-state index contributed by atoms with van der Waals surface area (Å²) in [5.74, 6) is 0.602. The van der Waals surface area contributed by atoms with Gasteiger partial charge in [0.1, 0.15) is 0 Å². The number of nitrogens with zero attached hydrogens (tertiary/aromatic N) is 3. The SMILES string of the molecule is CCC(C)C(C)n1nc(Br)nc1Br. The lowest BCUT2D eigenvalue weighted by Gasteiger charge is -2.18. The van der Waals surface area contributed by atoms with Crippen LogP contribution in [0, 0.1) is 5.92 Å². The molecule has 1 heterocycles. The van der Waals surface area contributed by atoms with Gasteiger partial charge in [0.05, 0.1) is 6.04 Å². The molecule has 0 fully saturated rings. The highest BCUT2D eigenvalue weighted by Crippen LogP contribution is 2.24. The molecule has 5 heteroatoms. The van der Waals surface area contributed by atoms with E-state index >= 15 is 0 Å². The Morgan fingerprint density at radius 1 is 1.38 bits per heavy atom. The second-order valence-electron chi connectivity index (χ2n) is 3.22. The molecule has 0 bridgehead atoms. The molecule has 2 unspecified atom stereocenters. The molecule has 0 aliphatic carbocycles. The first-order valence-electron chi connectivity index (χ1n) is 4.33. The van der Waals surface area contributed by atoms with Crippen molar-refractivity contribution in [2.24, 2.45) is 5.92 Å². The highest BCUT2D eigenvalue weighted by Gasteiger charge is 2.16. The normalized spacial score (nSPS) is 15.8. The first kappa shape index (κ1) is 11.2. The average Bonchev–Trinajstić information content (AvgIpc) is 2.42. The van der Waals surface area contributed by atoms with Crippen LogP contribution in [-0.4, -0.2) is 14.8 Å². The summed E-state index contributed by atoms with van der Waals surface area (Å²) in [4.78, 5) is 4.13. The van der Waals surface area contributed by atoms with Crippen molar-refractivity contribution in [2.75, 3.05) is 0 Å². The van der Waals surface area contributed by atoms with Gasteiger partial charge in [0, 0.05) is 0 Å². The van der Waals surface area contributed by atoms with Crippen LogP contribution in [0.1, 0.15) is 33.2 Å². The van der Waals surface area contributed by atoms with Gasteiger partial charge in [-0.25, -0.2) is 4.68 Å². The largest absolute Gasteiger partial charge is 0.236 e. The minimum atomic E-state index is 0.373. The summed E-state index contributed by atoms with van der Waals surface area (Å²) in [5.41, 5.74) is 0. The molecule has 13 heavy (non-hydrogen) atoms. The van der Waals surface area contributed by atoms with E-state index in [1.54, 1.807) is 0 Å². The lowest BCUT2D eigenvalue weighted by Crippen LogP contribution is -2.15. The lowest BCUT2D eigenvalue weighted by molar-refractivity contribution is 0.337. The third kappa shape index (κ3) is 2.53. The Morgan fingerprint density at radius 2 is 2.00 bits per heavy atom. The summed E-state index contributed by atoms with van der Waals surface area (Å²) >= 11 is 6.62. The summed E-state index contributed by atoms with van der Waals surface area (Å²) in [5, 5.41) is 4.25. The molecule has 3 nitrogen and oxygen atoms in total. The molecule has 0 amide bonds. The minimum Gasteiger partial charge on any atom is -0.236 e. The average molecular weight is 311 g/mol. The molecule has 0 aliphatic rings. The van der Waals surface area contributed by atoms with Crippen LogP contribution in [0.15, 0.2) is 9.47 Å². The topological polar surface area (TPSA) is 30.7 Å². The Labute approximate surface area is 95.2 Å². The van der Waals surface area contributed by atoms with E-state index in [1.165, 1.54) is 0 Å². The van der Waals surface area contributed by atoms with Gasteiger partial charge in [-0.2, -0.15) is 4.98 Å². The predicted molar refractivity (Wildman–Crippen MR) is 59.6 cm³/mol. The third-order valence-corrected chi connectivity index (χ3v) is 3.29. The van der Waals surface area contributed by atoms with Gasteiger partial charge in [0.25, 0.3) is 0 Å². The van der Waals surface area contributed by atoms with Gasteiger partial charge in [-0.05, 0) is 44.7 Å². The van der Waals surface area contributed by atoms with E-state index in [1.807, 2.05) is 4.68 Å². The Morgan fingerprint density at radius 3 is 2.38 bits per heavy atom. The predicted octanol–water partition coefficient (Wildman–Crippen LogP) is 3.41. The molecule has 0 saturated heterocycles. The van der Waals surface area contributed by atoms with Crippen molar-refractivity contribution in [3.63, 3.8) is 0 Å². The molecule has 0 aromatic carbocycles. The molecule has 0 N–H and O–H groups in total. The summed E-state index contributed by atoms with van der Waals surface area (Å²) in [6.07, 6.45) is 1.14. The fraction of sp³-hybridized carbons (Fsp3) is 0.750. The molecule has 1 rings (SSSR count). The summed E-state index contributed by atoms with van der Waals surface area (Å²) in [6, 6.07) is 0.373. The number of aromatic nitrogens is 3. The van der Waals surface area contributed by atoms with Crippen LogP contribution in [0.4, 0.5) is 0 Å². The van der Waals surface area contributed by atoms with Crippen LogP contribution in [0.2, 0.25) is 0 Å². The van der Waals surface area contributed by atoms with Gasteiger partial charge in [-0.1, -0.05) is 20.3 Å². The van der Waals surface area contributed by atoms with Crippen molar-refractivity contribution >= 4 is 31.9 Å². The molecule has 1 aromatic heterocycles. The van der Waals surface area contributed by atoms with Crippen LogP contribution in [0.25, 0.3) is 0 Å². The monoisotopic (exact) mass is 309 g/mol. The van der Waals surface area contributed by atoms with E-state index < -0.39 is 0 Å². The van der Waals surface area contributed by atoms with Crippen molar-refractivity contribution in [1.29, 1.82) is 0 Å². The van der Waals surface area contributed by atoms with E-state index in [0.717, 1.165) is 11.2 Å². The quantitative estimate of drug-likeness (QED) is 0.856. The van der Waals surface area contributed by atoms with E-state index in [0.29, 0.717) is 16.7 Å². The second kappa shape index (κ2) is 4.55. The van der Waals surface area contributed by atoms with Crippen molar-refractivity contribution in [3.05, 3.63) is 9.47 Å². The lowest BCUT2D eigenvalue weighted by atomic mass is 10.0. The Balaban J connectivity index is 2.87. The van der Waals surface area contributed by atoms with Crippen LogP contribution in [0.3, 0.4) is 0 Å². The molecule has 0 radical (unpaired) electrons. The molecule has 2 atom stereocenters. The smallest absolute Gasteiger partial charge is 0.218 e. The van der Waals surface area contributed by atoms with Crippen molar-refractivity contribution in [1.82, 2.24) is 14.8 Å². The zero-order valence-corrected chi connectivity index (χ0v) is 11.1. The molecular formula is C8H13Br2N3. The molecule has 1 aromatic rings. The highest BCUT2D eigenvalue weighted by molar-refractivity contribution is 9.11. The highest BCUT2D eigenvalue weighted by atomic mass is 79.9.